The molecule has 0 aliphatic carbocycles. The molecule has 0 fully saturated rings. The van der Waals surface area contributed by atoms with Crippen molar-refractivity contribution in [3.05, 3.63) is 34.9 Å². The van der Waals surface area contributed by atoms with Gasteiger partial charge in [-0.25, -0.2) is 9.59 Å². The molecule has 2 atom stereocenters. The largest absolute Gasteiger partial charge is 0.463 e. The molecular weight excluding hydrogens is 452 g/mol. The number of carbonyl (C=O) groups excluding carboxylic acids is 4. The van der Waals surface area contributed by atoms with Gasteiger partial charge in [0, 0.05) is 24.3 Å². The van der Waals surface area contributed by atoms with Crippen molar-refractivity contribution in [2.24, 2.45) is 0 Å². The number of Topliss-reactive ketones (excluding diaryl/α,β-unsaturated/α-hetero) is 2. The number of rotatable bonds is 18. The van der Waals surface area contributed by atoms with Crippen LogP contribution in [-0.2, 0) is 35.0 Å². The van der Waals surface area contributed by atoms with E-state index >= 15 is 0 Å². The molecule has 0 bridgehead atoms. The van der Waals surface area contributed by atoms with E-state index < -0.39 is 35.7 Å². The number of carbonyl (C=O) groups is 4. The van der Waals surface area contributed by atoms with Crippen LogP contribution in [0.15, 0.2) is 18.2 Å². The molecule has 2 unspecified atom stereocenters. The molecule has 0 saturated carbocycles. The van der Waals surface area contributed by atoms with Gasteiger partial charge < -0.3 is 18.9 Å². The van der Waals surface area contributed by atoms with Gasteiger partial charge >= 0.3 is 11.9 Å². The normalized spacial score (nSPS) is 12.6. The van der Waals surface area contributed by atoms with Crippen molar-refractivity contribution in [1.29, 1.82) is 0 Å². The highest BCUT2D eigenvalue weighted by Gasteiger charge is 2.37. The third-order valence-corrected chi connectivity index (χ3v) is 4.96. The van der Waals surface area contributed by atoms with Crippen LogP contribution in [0.25, 0.3) is 0 Å². The second-order valence-corrected chi connectivity index (χ2v) is 8.15. The molecule has 1 aromatic rings. The highest BCUT2D eigenvalue weighted by Crippen LogP contribution is 2.23. The van der Waals surface area contributed by atoms with Gasteiger partial charge in [0.05, 0.1) is 13.2 Å². The highest BCUT2D eigenvalue weighted by atomic mass is 16.6. The quantitative estimate of drug-likeness (QED) is 0.168. The minimum atomic E-state index is -1.51. The SMILES string of the molecule is CCCOC(=O)C(OCCC)C(=O)c1cccc(CCC)c1C(=O)C(OCCC)C(=O)OCCC. The van der Waals surface area contributed by atoms with E-state index in [1.165, 1.54) is 6.07 Å². The zero-order valence-corrected chi connectivity index (χ0v) is 21.7. The molecule has 196 valence electrons. The second kappa shape index (κ2) is 16.9. The first kappa shape index (κ1) is 30.5. The van der Waals surface area contributed by atoms with Crippen LogP contribution < -0.4 is 0 Å². The maximum Gasteiger partial charge on any atom is 0.343 e. The van der Waals surface area contributed by atoms with Gasteiger partial charge in [-0.05, 0) is 37.7 Å². The summed E-state index contributed by atoms with van der Waals surface area (Å²) < 4.78 is 21.6. The Bertz CT molecular complexity index is 832. The van der Waals surface area contributed by atoms with Crippen LogP contribution in [0.5, 0.6) is 0 Å². The Labute approximate surface area is 208 Å². The molecular formula is C27H40O8. The summed E-state index contributed by atoms with van der Waals surface area (Å²) in [6, 6.07) is 4.86. The van der Waals surface area contributed by atoms with E-state index in [-0.39, 0.29) is 37.6 Å². The number of aryl methyl sites for hydroxylation is 1. The number of ether oxygens (including phenoxy) is 4. The van der Waals surface area contributed by atoms with Crippen molar-refractivity contribution in [2.45, 2.75) is 85.4 Å². The predicted molar refractivity (Wildman–Crippen MR) is 132 cm³/mol. The molecule has 1 rings (SSSR count). The number of hydrogen-bond donors (Lipinski definition) is 0. The van der Waals surface area contributed by atoms with Crippen LogP contribution in [0, 0.1) is 0 Å². The van der Waals surface area contributed by atoms with Gasteiger partial charge in [0.25, 0.3) is 0 Å². The lowest BCUT2D eigenvalue weighted by Crippen LogP contribution is -2.39. The Hall–Kier alpha value is -2.58. The van der Waals surface area contributed by atoms with Crippen LogP contribution in [0.2, 0.25) is 0 Å². The lowest BCUT2D eigenvalue weighted by atomic mass is 9.89. The fourth-order valence-electron chi connectivity index (χ4n) is 3.38. The molecule has 0 spiro atoms. The van der Waals surface area contributed by atoms with Crippen LogP contribution in [0.3, 0.4) is 0 Å². The van der Waals surface area contributed by atoms with E-state index in [1.54, 1.807) is 12.1 Å². The lowest BCUT2D eigenvalue weighted by molar-refractivity contribution is -0.154. The van der Waals surface area contributed by atoms with Crippen molar-refractivity contribution >= 4 is 23.5 Å². The summed E-state index contributed by atoms with van der Waals surface area (Å²) in [5, 5.41) is 0. The van der Waals surface area contributed by atoms with Gasteiger partial charge in [-0.1, -0.05) is 59.2 Å². The number of esters is 2. The van der Waals surface area contributed by atoms with Crippen LogP contribution >= 0.6 is 0 Å². The van der Waals surface area contributed by atoms with Gasteiger partial charge in [0.15, 0.2) is 0 Å². The third kappa shape index (κ3) is 9.18. The smallest absolute Gasteiger partial charge is 0.343 e. The molecule has 0 aromatic heterocycles. The molecule has 0 amide bonds. The first-order valence-corrected chi connectivity index (χ1v) is 12.6. The van der Waals surface area contributed by atoms with Crippen LogP contribution in [-0.4, -0.2) is 62.1 Å². The van der Waals surface area contributed by atoms with E-state index in [0.29, 0.717) is 44.1 Å². The molecule has 1 aromatic carbocycles. The fraction of sp³-hybridized carbons (Fsp3) is 0.630. The first-order valence-electron chi connectivity index (χ1n) is 12.6. The summed E-state index contributed by atoms with van der Waals surface area (Å²) in [7, 11) is 0. The molecule has 0 saturated heterocycles. The van der Waals surface area contributed by atoms with Crippen LogP contribution in [0.1, 0.15) is 93.0 Å². The molecule has 0 heterocycles. The van der Waals surface area contributed by atoms with Crippen LogP contribution in [0.4, 0.5) is 0 Å². The van der Waals surface area contributed by atoms with Gasteiger partial charge in [-0.15, -0.1) is 0 Å². The Balaban J connectivity index is 3.54. The van der Waals surface area contributed by atoms with Crippen molar-refractivity contribution in [2.75, 3.05) is 26.4 Å². The minimum absolute atomic E-state index is 0.00360. The highest BCUT2D eigenvalue weighted by molar-refractivity contribution is 6.20. The second-order valence-electron chi connectivity index (χ2n) is 8.15. The molecule has 8 nitrogen and oxygen atoms in total. The average Bonchev–Trinajstić information content (AvgIpc) is 2.86. The molecule has 0 radical (unpaired) electrons. The maximum absolute atomic E-state index is 13.7. The first-order chi connectivity index (χ1) is 16.9. The van der Waals surface area contributed by atoms with Gasteiger partial charge in [0.2, 0.25) is 23.8 Å². The topological polar surface area (TPSA) is 105 Å². The monoisotopic (exact) mass is 492 g/mol. The molecule has 8 heteroatoms. The van der Waals surface area contributed by atoms with Crippen molar-refractivity contribution in [3.8, 4) is 0 Å². The summed E-state index contributed by atoms with van der Waals surface area (Å²) >= 11 is 0. The van der Waals surface area contributed by atoms with E-state index in [4.69, 9.17) is 18.9 Å². The zero-order valence-electron chi connectivity index (χ0n) is 21.7. The lowest BCUT2D eigenvalue weighted by Gasteiger charge is -2.21. The third-order valence-electron chi connectivity index (χ3n) is 4.96. The van der Waals surface area contributed by atoms with Crippen molar-refractivity contribution in [3.63, 3.8) is 0 Å². The summed E-state index contributed by atoms with van der Waals surface area (Å²) in [6.07, 6.45) is 0.534. The van der Waals surface area contributed by atoms with E-state index in [1.807, 2.05) is 34.6 Å². The average molecular weight is 493 g/mol. The molecule has 0 aliphatic heterocycles. The standard InChI is InChI=1S/C27H40O8/c1-6-12-19-13-11-14-20(22(28)24(32-15-7-2)26(30)34-17-9-4)21(19)23(29)25(33-16-8-3)27(31)35-18-10-5/h11,13-14,24-25H,6-10,12,15-18H2,1-5H3. The minimum Gasteiger partial charge on any atom is -0.463 e. The number of hydrogen-bond acceptors (Lipinski definition) is 8. The Morgan fingerprint density at radius 3 is 1.60 bits per heavy atom. The maximum atomic E-state index is 13.7. The van der Waals surface area contributed by atoms with Crippen molar-refractivity contribution in [1.82, 2.24) is 0 Å². The van der Waals surface area contributed by atoms with E-state index in [2.05, 4.69) is 0 Å². The summed E-state index contributed by atoms with van der Waals surface area (Å²) in [4.78, 5) is 52.7. The van der Waals surface area contributed by atoms with Gasteiger partial charge in [-0.2, -0.15) is 0 Å². The summed E-state index contributed by atoms with van der Waals surface area (Å²) in [5.41, 5.74) is 0.652. The Morgan fingerprint density at radius 2 is 1.14 bits per heavy atom. The predicted octanol–water partition coefficient (Wildman–Crippen LogP) is 4.50. The summed E-state index contributed by atoms with van der Waals surface area (Å²) in [6.45, 7) is 9.98. The van der Waals surface area contributed by atoms with E-state index in [9.17, 15) is 19.2 Å². The van der Waals surface area contributed by atoms with Gasteiger partial charge in [-0.3, -0.25) is 9.59 Å². The molecule has 35 heavy (non-hydrogen) atoms. The molecule has 0 aliphatic rings. The number of ketones is 2. The number of benzene rings is 1. The van der Waals surface area contributed by atoms with Gasteiger partial charge in [0.1, 0.15) is 0 Å². The Morgan fingerprint density at radius 1 is 0.657 bits per heavy atom. The Kier molecular flexibility index (Phi) is 14.7. The zero-order chi connectivity index (χ0) is 26.2. The summed E-state index contributed by atoms with van der Waals surface area (Å²) in [5.74, 6) is -2.94. The molecule has 0 N–H and O–H groups in total. The van der Waals surface area contributed by atoms with Crippen molar-refractivity contribution < 1.29 is 38.1 Å². The van der Waals surface area contributed by atoms with E-state index in [0.717, 1.165) is 0 Å². The fourth-order valence-corrected chi connectivity index (χ4v) is 3.38.